The molecule has 0 bridgehead atoms. The average Bonchev–Trinajstić information content (AvgIpc) is 3.10. The van der Waals surface area contributed by atoms with Gasteiger partial charge in [0.2, 0.25) is 11.8 Å². The highest BCUT2D eigenvalue weighted by Gasteiger charge is 2.27. The molecule has 3 amide bonds. The summed E-state index contributed by atoms with van der Waals surface area (Å²) in [6.45, 7) is 2.45. The SMILES string of the molecule is CCN(C(=O)c1cccc(NC(=O)[C@@H]2CCC(=O)N2)c1)c1ccccc1. The molecule has 0 radical (unpaired) electrons. The summed E-state index contributed by atoms with van der Waals surface area (Å²) in [5.74, 6) is -0.518. The quantitative estimate of drug-likeness (QED) is 0.869. The van der Waals surface area contributed by atoms with Crippen molar-refractivity contribution in [3.63, 3.8) is 0 Å². The van der Waals surface area contributed by atoms with Crippen LogP contribution in [0.3, 0.4) is 0 Å². The molecule has 1 atom stereocenters. The Bertz CT molecular complexity index is 820. The second-order valence-electron chi connectivity index (χ2n) is 6.11. The molecule has 0 aliphatic carbocycles. The molecule has 1 saturated heterocycles. The van der Waals surface area contributed by atoms with Gasteiger partial charge in [0.25, 0.3) is 5.91 Å². The molecule has 6 nitrogen and oxygen atoms in total. The molecule has 26 heavy (non-hydrogen) atoms. The Morgan fingerprint density at radius 2 is 1.92 bits per heavy atom. The molecule has 6 heteroatoms. The Balaban J connectivity index is 1.75. The minimum atomic E-state index is -0.515. The molecular weight excluding hydrogens is 330 g/mol. The zero-order valence-electron chi connectivity index (χ0n) is 14.6. The maximum Gasteiger partial charge on any atom is 0.258 e. The second-order valence-corrected chi connectivity index (χ2v) is 6.11. The van der Waals surface area contributed by atoms with Crippen LogP contribution in [-0.2, 0) is 9.59 Å². The highest BCUT2D eigenvalue weighted by atomic mass is 16.2. The van der Waals surface area contributed by atoms with Crippen molar-refractivity contribution in [1.82, 2.24) is 5.32 Å². The molecule has 0 spiro atoms. The number of nitrogens with zero attached hydrogens (tertiary/aromatic N) is 1. The van der Waals surface area contributed by atoms with Crippen LogP contribution in [0.4, 0.5) is 11.4 Å². The Hall–Kier alpha value is -3.15. The standard InChI is InChI=1S/C20H21N3O3/c1-2-23(16-9-4-3-5-10-16)20(26)14-7-6-8-15(13-14)21-19(25)17-11-12-18(24)22-17/h3-10,13,17H,2,11-12H2,1H3,(H,21,25)(H,22,24)/t17-/m0/s1. The fraction of sp³-hybridized carbons (Fsp3) is 0.250. The summed E-state index contributed by atoms with van der Waals surface area (Å²) in [6.07, 6.45) is 0.847. The molecule has 0 aromatic heterocycles. The van der Waals surface area contributed by atoms with Crippen LogP contribution in [0.15, 0.2) is 54.6 Å². The van der Waals surface area contributed by atoms with Crippen LogP contribution in [-0.4, -0.2) is 30.3 Å². The molecule has 1 heterocycles. The first-order valence-corrected chi connectivity index (χ1v) is 8.65. The molecule has 2 N–H and O–H groups in total. The van der Waals surface area contributed by atoms with E-state index in [0.717, 1.165) is 5.69 Å². The van der Waals surface area contributed by atoms with Gasteiger partial charge in [0.05, 0.1) is 0 Å². The average molecular weight is 351 g/mol. The molecule has 134 valence electrons. The van der Waals surface area contributed by atoms with Crippen LogP contribution in [0.25, 0.3) is 0 Å². The number of rotatable bonds is 5. The lowest BCUT2D eigenvalue weighted by molar-refractivity contribution is -0.122. The summed E-state index contributed by atoms with van der Waals surface area (Å²) in [6, 6.07) is 15.8. The minimum absolute atomic E-state index is 0.115. The maximum absolute atomic E-state index is 12.9. The summed E-state index contributed by atoms with van der Waals surface area (Å²) < 4.78 is 0. The summed E-state index contributed by atoms with van der Waals surface area (Å²) >= 11 is 0. The van der Waals surface area contributed by atoms with Crippen molar-refractivity contribution in [2.45, 2.75) is 25.8 Å². The van der Waals surface area contributed by atoms with E-state index in [2.05, 4.69) is 10.6 Å². The number of benzene rings is 2. The Kier molecular flexibility index (Phi) is 5.31. The molecule has 1 aliphatic rings. The fourth-order valence-corrected chi connectivity index (χ4v) is 2.98. The van der Waals surface area contributed by atoms with E-state index in [0.29, 0.717) is 30.6 Å². The van der Waals surface area contributed by atoms with Crippen molar-refractivity contribution in [3.8, 4) is 0 Å². The van der Waals surface area contributed by atoms with Crippen molar-refractivity contribution in [3.05, 3.63) is 60.2 Å². The van der Waals surface area contributed by atoms with E-state index in [9.17, 15) is 14.4 Å². The van der Waals surface area contributed by atoms with Gasteiger partial charge in [-0.1, -0.05) is 24.3 Å². The van der Waals surface area contributed by atoms with Gasteiger partial charge >= 0.3 is 0 Å². The number of hydrogen-bond donors (Lipinski definition) is 2. The Morgan fingerprint density at radius 1 is 1.15 bits per heavy atom. The van der Waals surface area contributed by atoms with E-state index >= 15 is 0 Å². The van der Waals surface area contributed by atoms with Gasteiger partial charge in [0, 0.05) is 29.9 Å². The zero-order valence-corrected chi connectivity index (χ0v) is 14.6. The van der Waals surface area contributed by atoms with Crippen LogP contribution in [0.5, 0.6) is 0 Å². The molecule has 1 fully saturated rings. The van der Waals surface area contributed by atoms with Crippen LogP contribution in [0.1, 0.15) is 30.1 Å². The normalized spacial score (nSPS) is 16.0. The van der Waals surface area contributed by atoms with E-state index in [1.807, 2.05) is 37.3 Å². The van der Waals surface area contributed by atoms with Crippen LogP contribution >= 0.6 is 0 Å². The van der Waals surface area contributed by atoms with Gasteiger partial charge in [0.15, 0.2) is 0 Å². The number of carbonyl (C=O) groups is 3. The second kappa shape index (κ2) is 7.82. The third-order valence-electron chi connectivity index (χ3n) is 4.32. The third kappa shape index (κ3) is 3.91. The molecule has 2 aromatic carbocycles. The first-order valence-electron chi connectivity index (χ1n) is 8.65. The third-order valence-corrected chi connectivity index (χ3v) is 4.32. The van der Waals surface area contributed by atoms with Crippen LogP contribution in [0, 0.1) is 0 Å². The molecule has 0 unspecified atom stereocenters. The topological polar surface area (TPSA) is 78.5 Å². The maximum atomic E-state index is 12.9. The highest BCUT2D eigenvalue weighted by molar-refractivity contribution is 6.07. The minimum Gasteiger partial charge on any atom is -0.344 e. The van der Waals surface area contributed by atoms with E-state index in [-0.39, 0.29) is 17.7 Å². The van der Waals surface area contributed by atoms with Crippen LogP contribution < -0.4 is 15.5 Å². The van der Waals surface area contributed by atoms with Gasteiger partial charge in [-0.2, -0.15) is 0 Å². The molecule has 1 aliphatic heterocycles. The van der Waals surface area contributed by atoms with Gasteiger partial charge in [-0.25, -0.2) is 0 Å². The fourth-order valence-electron chi connectivity index (χ4n) is 2.98. The number of hydrogen-bond acceptors (Lipinski definition) is 3. The van der Waals surface area contributed by atoms with Crippen molar-refractivity contribution in [2.24, 2.45) is 0 Å². The first kappa shape index (κ1) is 17.7. The van der Waals surface area contributed by atoms with Gasteiger partial charge in [0.1, 0.15) is 6.04 Å². The number of anilines is 2. The molecular formula is C20H21N3O3. The number of para-hydroxylation sites is 1. The number of amides is 3. The van der Waals surface area contributed by atoms with Gasteiger partial charge in [-0.05, 0) is 43.7 Å². The Morgan fingerprint density at radius 3 is 2.58 bits per heavy atom. The highest BCUT2D eigenvalue weighted by Crippen LogP contribution is 2.19. The first-order chi connectivity index (χ1) is 12.6. The van der Waals surface area contributed by atoms with Crippen molar-refractivity contribution in [1.29, 1.82) is 0 Å². The molecule has 3 rings (SSSR count). The number of carbonyl (C=O) groups excluding carboxylic acids is 3. The van der Waals surface area contributed by atoms with Crippen molar-refractivity contribution >= 4 is 29.1 Å². The predicted molar refractivity (Wildman–Crippen MR) is 100 cm³/mol. The lowest BCUT2D eigenvalue weighted by Gasteiger charge is -2.21. The monoisotopic (exact) mass is 351 g/mol. The zero-order chi connectivity index (χ0) is 18.5. The van der Waals surface area contributed by atoms with Crippen molar-refractivity contribution in [2.75, 3.05) is 16.8 Å². The Labute approximate surface area is 152 Å². The van der Waals surface area contributed by atoms with E-state index in [4.69, 9.17) is 0 Å². The lowest BCUT2D eigenvalue weighted by atomic mass is 10.1. The summed E-state index contributed by atoms with van der Waals surface area (Å²) in [5.41, 5.74) is 1.85. The van der Waals surface area contributed by atoms with Gasteiger partial charge in [-0.15, -0.1) is 0 Å². The summed E-state index contributed by atoms with van der Waals surface area (Å²) in [4.78, 5) is 38.0. The van der Waals surface area contributed by atoms with E-state index in [1.165, 1.54) is 0 Å². The summed E-state index contributed by atoms with van der Waals surface area (Å²) in [5, 5.41) is 5.41. The lowest BCUT2D eigenvalue weighted by Crippen LogP contribution is -2.37. The van der Waals surface area contributed by atoms with Crippen LogP contribution in [0.2, 0.25) is 0 Å². The summed E-state index contributed by atoms with van der Waals surface area (Å²) in [7, 11) is 0. The van der Waals surface area contributed by atoms with Gasteiger partial charge < -0.3 is 15.5 Å². The smallest absolute Gasteiger partial charge is 0.258 e. The number of nitrogens with one attached hydrogen (secondary N) is 2. The largest absolute Gasteiger partial charge is 0.344 e. The van der Waals surface area contributed by atoms with Crippen molar-refractivity contribution < 1.29 is 14.4 Å². The van der Waals surface area contributed by atoms with E-state index < -0.39 is 6.04 Å². The molecule has 0 saturated carbocycles. The predicted octanol–water partition coefficient (Wildman–Crippen LogP) is 2.57. The van der Waals surface area contributed by atoms with Gasteiger partial charge in [-0.3, -0.25) is 14.4 Å². The molecule has 2 aromatic rings. The van der Waals surface area contributed by atoms with E-state index in [1.54, 1.807) is 29.2 Å².